The SMILES string of the molecule is C=C1CCC2C3CCc4cc(C)ccc4C3CCC12C.CC.CC. The number of fused-ring (bicyclic) bond motifs is 5. The summed E-state index contributed by atoms with van der Waals surface area (Å²) in [6.45, 7) is 17.1. The molecule has 1 aromatic carbocycles. The van der Waals surface area contributed by atoms with Crippen LogP contribution in [0.25, 0.3) is 0 Å². The van der Waals surface area contributed by atoms with Crippen LogP contribution < -0.4 is 0 Å². The summed E-state index contributed by atoms with van der Waals surface area (Å²) >= 11 is 0. The number of hydrogen-bond acceptors (Lipinski definition) is 0. The maximum Gasteiger partial charge on any atom is -0.00876 e. The topological polar surface area (TPSA) is 0 Å². The quantitative estimate of drug-likeness (QED) is 0.434. The molecule has 4 unspecified atom stereocenters. The fourth-order valence-corrected chi connectivity index (χ4v) is 5.62. The van der Waals surface area contributed by atoms with Gasteiger partial charge in [-0.3, -0.25) is 0 Å². The molecule has 2 saturated carbocycles. The Morgan fingerprint density at radius 3 is 2.42 bits per heavy atom. The van der Waals surface area contributed by atoms with Gasteiger partial charge in [0, 0.05) is 0 Å². The standard InChI is InChI=1S/C20H26.2C2H6/c1-13-4-7-16-15(12-13)6-8-18-17(16)10-11-20(3)14(2)5-9-19(18)20;2*1-2/h4,7,12,17-19H,2,5-6,8-11H2,1,3H3;2*1-2H3. The second-order valence-corrected chi connectivity index (χ2v) is 7.72. The summed E-state index contributed by atoms with van der Waals surface area (Å²) in [4.78, 5) is 0. The Hall–Kier alpha value is -1.04. The predicted molar refractivity (Wildman–Crippen MR) is 108 cm³/mol. The molecule has 4 rings (SSSR count). The normalized spacial score (nSPS) is 33.1. The Bertz CT molecular complexity index is 567. The van der Waals surface area contributed by atoms with Crippen LogP contribution in [0.5, 0.6) is 0 Å². The van der Waals surface area contributed by atoms with Gasteiger partial charge in [-0.1, -0.05) is 70.5 Å². The van der Waals surface area contributed by atoms with E-state index in [-0.39, 0.29) is 0 Å². The van der Waals surface area contributed by atoms with E-state index in [4.69, 9.17) is 0 Å². The van der Waals surface area contributed by atoms with Crippen LogP contribution >= 0.6 is 0 Å². The van der Waals surface area contributed by atoms with Crippen molar-refractivity contribution in [3.05, 3.63) is 47.0 Å². The Labute approximate surface area is 150 Å². The van der Waals surface area contributed by atoms with Gasteiger partial charge >= 0.3 is 0 Å². The highest BCUT2D eigenvalue weighted by Crippen LogP contribution is 2.62. The summed E-state index contributed by atoms with van der Waals surface area (Å²) in [5.74, 6) is 2.66. The maximum atomic E-state index is 4.40. The zero-order chi connectivity index (χ0) is 17.9. The number of aryl methyl sites for hydroxylation is 2. The number of allylic oxidation sites excluding steroid dienone is 1. The van der Waals surface area contributed by atoms with Gasteiger partial charge in [-0.2, -0.15) is 0 Å². The average Bonchev–Trinajstić information content (AvgIpc) is 2.93. The molecule has 0 amide bonds. The third kappa shape index (κ3) is 3.09. The van der Waals surface area contributed by atoms with E-state index in [0.717, 1.165) is 17.8 Å². The lowest BCUT2D eigenvalue weighted by Crippen LogP contribution is -2.40. The van der Waals surface area contributed by atoms with Crippen LogP contribution in [0, 0.1) is 24.2 Å². The van der Waals surface area contributed by atoms with Crippen molar-refractivity contribution in [3.63, 3.8) is 0 Å². The van der Waals surface area contributed by atoms with Crippen molar-refractivity contribution in [2.45, 2.75) is 86.0 Å². The molecule has 24 heavy (non-hydrogen) atoms. The molecule has 0 aliphatic heterocycles. The predicted octanol–water partition coefficient (Wildman–Crippen LogP) is 7.46. The molecule has 0 radical (unpaired) electrons. The second kappa shape index (κ2) is 7.89. The summed E-state index contributed by atoms with van der Waals surface area (Å²) in [5.41, 5.74) is 6.77. The summed E-state index contributed by atoms with van der Waals surface area (Å²) in [6, 6.07) is 7.20. The van der Waals surface area contributed by atoms with Crippen molar-refractivity contribution < 1.29 is 0 Å². The molecule has 0 spiro atoms. The van der Waals surface area contributed by atoms with Crippen molar-refractivity contribution in [1.29, 1.82) is 0 Å². The fraction of sp³-hybridized carbons (Fsp3) is 0.667. The van der Waals surface area contributed by atoms with Crippen molar-refractivity contribution in [2.24, 2.45) is 17.3 Å². The lowest BCUT2D eigenvalue weighted by atomic mass is 9.55. The highest BCUT2D eigenvalue weighted by molar-refractivity contribution is 5.38. The molecule has 0 saturated heterocycles. The Kier molecular flexibility index (Phi) is 6.34. The molecule has 3 aliphatic carbocycles. The maximum absolute atomic E-state index is 4.40. The molecule has 0 nitrogen and oxygen atoms in total. The van der Waals surface area contributed by atoms with Gasteiger partial charge in [0.25, 0.3) is 0 Å². The zero-order valence-electron chi connectivity index (χ0n) is 16.9. The van der Waals surface area contributed by atoms with Gasteiger partial charge in [-0.05, 0) is 79.7 Å². The van der Waals surface area contributed by atoms with Crippen LogP contribution in [0.1, 0.15) is 89.3 Å². The van der Waals surface area contributed by atoms with Crippen LogP contribution in [-0.4, -0.2) is 0 Å². The minimum absolute atomic E-state index is 0.462. The summed E-state index contributed by atoms with van der Waals surface area (Å²) in [7, 11) is 0. The lowest BCUT2D eigenvalue weighted by molar-refractivity contribution is 0.0817. The van der Waals surface area contributed by atoms with Gasteiger partial charge in [-0.25, -0.2) is 0 Å². The third-order valence-electron chi connectivity index (χ3n) is 6.84. The average molecular weight is 327 g/mol. The highest BCUT2D eigenvalue weighted by Gasteiger charge is 2.51. The van der Waals surface area contributed by atoms with Gasteiger partial charge in [0.15, 0.2) is 0 Å². The van der Waals surface area contributed by atoms with Crippen molar-refractivity contribution in [1.82, 2.24) is 0 Å². The number of rotatable bonds is 0. The monoisotopic (exact) mass is 326 g/mol. The van der Waals surface area contributed by atoms with Crippen molar-refractivity contribution in [3.8, 4) is 0 Å². The van der Waals surface area contributed by atoms with Gasteiger partial charge in [-0.15, -0.1) is 0 Å². The first-order valence-corrected chi connectivity index (χ1v) is 10.4. The molecule has 1 aromatic rings. The largest absolute Gasteiger partial charge is 0.0993 e. The summed E-state index contributed by atoms with van der Waals surface area (Å²) in [5, 5.41) is 0. The van der Waals surface area contributed by atoms with Crippen LogP contribution in [0.3, 0.4) is 0 Å². The smallest absolute Gasteiger partial charge is 0.00876 e. The molecule has 0 N–H and O–H groups in total. The lowest BCUT2D eigenvalue weighted by Gasteiger charge is -2.49. The number of hydrogen-bond donors (Lipinski definition) is 0. The van der Waals surface area contributed by atoms with E-state index in [1.165, 1.54) is 44.1 Å². The zero-order valence-corrected chi connectivity index (χ0v) is 16.9. The minimum Gasteiger partial charge on any atom is -0.0993 e. The van der Waals surface area contributed by atoms with Crippen LogP contribution in [0.15, 0.2) is 30.4 Å². The van der Waals surface area contributed by atoms with E-state index in [1.807, 2.05) is 27.7 Å². The van der Waals surface area contributed by atoms with E-state index >= 15 is 0 Å². The molecule has 0 aromatic heterocycles. The van der Waals surface area contributed by atoms with E-state index in [1.54, 1.807) is 16.7 Å². The van der Waals surface area contributed by atoms with E-state index in [0.29, 0.717) is 5.41 Å². The number of benzene rings is 1. The van der Waals surface area contributed by atoms with Crippen molar-refractivity contribution >= 4 is 0 Å². The Morgan fingerprint density at radius 2 is 1.71 bits per heavy atom. The molecular formula is C24H38. The van der Waals surface area contributed by atoms with Gasteiger partial charge in [0.2, 0.25) is 0 Å². The third-order valence-corrected chi connectivity index (χ3v) is 6.84. The molecular weight excluding hydrogens is 288 g/mol. The molecule has 4 atom stereocenters. The first-order chi connectivity index (χ1) is 11.6. The van der Waals surface area contributed by atoms with E-state index < -0.39 is 0 Å². The Morgan fingerprint density at radius 1 is 1.00 bits per heavy atom. The molecule has 0 heteroatoms. The molecule has 0 heterocycles. The second-order valence-electron chi connectivity index (χ2n) is 7.72. The molecule has 134 valence electrons. The van der Waals surface area contributed by atoms with E-state index in [2.05, 4.69) is 38.6 Å². The molecule has 0 bridgehead atoms. The highest BCUT2D eigenvalue weighted by atomic mass is 14.6. The van der Waals surface area contributed by atoms with Gasteiger partial charge in [0.05, 0.1) is 0 Å². The van der Waals surface area contributed by atoms with Gasteiger partial charge in [0.1, 0.15) is 0 Å². The van der Waals surface area contributed by atoms with Gasteiger partial charge < -0.3 is 0 Å². The fourth-order valence-electron chi connectivity index (χ4n) is 5.62. The van der Waals surface area contributed by atoms with Crippen LogP contribution in [-0.2, 0) is 6.42 Å². The van der Waals surface area contributed by atoms with Crippen LogP contribution in [0.2, 0.25) is 0 Å². The molecule has 3 aliphatic rings. The first-order valence-electron chi connectivity index (χ1n) is 10.4. The first kappa shape index (κ1) is 19.3. The minimum atomic E-state index is 0.462. The van der Waals surface area contributed by atoms with E-state index in [9.17, 15) is 0 Å². The summed E-state index contributed by atoms with van der Waals surface area (Å²) in [6.07, 6.45) is 8.15. The summed E-state index contributed by atoms with van der Waals surface area (Å²) < 4.78 is 0. The van der Waals surface area contributed by atoms with Crippen LogP contribution in [0.4, 0.5) is 0 Å². The van der Waals surface area contributed by atoms with Crippen molar-refractivity contribution in [2.75, 3.05) is 0 Å². The Balaban J connectivity index is 0.000000487. The molecule has 2 fully saturated rings.